The Balaban J connectivity index is 2.22. The molecular weight excluding hydrogens is 281 g/mol. The molecule has 1 fully saturated rings. The van der Waals surface area contributed by atoms with Crippen molar-refractivity contribution in [2.24, 2.45) is 5.92 Å². The minimum Gasteiger partial charge on any atom is -0.493 e. The van der Waals surface area contributed by atoms with E-state index < -0.39 is 39.2 Å². The molecule has 0 spiro atoms. The van der Waals surface area contributed by atoms with E-state index >= 15 is 0 Å². The summed E-state index contributed by atoms with van der Waals surface area (Å²) in [5.74, 6) is -2.72. The first-order chi connectivity index (χ1) is 8.74. The van der Waals surface area contributed by atoms with Crippen LogP contribution in [-0.4, -0.2) is 41.7 Å². The van der Waals surface area contributed by atoms with E-state index in [1.54, 1.807) is 0 Å². The van der Waals surface area contributed by atoms with Gasteiger partial charge in [-0.3, -0.25) is 19.5 Å². The first kappa shape index (κ1) is 13.5. The van der Waals surface area contributed by atoms with Crippen LogP contribution in [0.2, 0.25) is 0 Å². The second-order valence-electron chi connectivity index (χ2n) is 4.21. The quantitative estimate of drug-likeness (QED) is 0.698. The standard InChI is InChI=1S/C9H10FN3O5S/c10-19(17,18)4-5-1-8(16)13(3-5)9-11-6(14)2-7(15)12-9/h2,5H,1,3-4H2,(H2,11,12,14,15). The van der Waals surface area contributed by atoms with Gasteiger partial charge in [-0.1, -0.05) is 0 Å². The van der Waals surface area contributed by atoms with Gasteiger partial charge in [-0.05, 0) is 0 Å². The number of hydrogen-bond donors (Lipinski definition) is 2. The van der Waals surface area contributed by atoms with E-state index in [2.05, 4.69) is 9.97 Å². The number of aromatic nitrogens is 2. The number of anilines is 1. The van der Waals surface area contributed by atoms with Crippen molar-refractivity contribution in [3.05, 3.63) is 16.4 Å². The van der Waals surface area contributed by atoms with Crippen LogP contribution in [0, 0.1) is 5.92 Å². The number of nitrogens with one attached hydrogen (secondary N) is 1. The Morgan fingerprint density at radius 3 is 2.79 bits per heavy atom. The van der Waals surface area contributed by atoms with E-state index in [4.69, 9.17) is 5.11 Å². The van der Waals surface area contributed by atoms with E-state index in [1.807, 2.05) is 0 Å². The van der Waals surface area contributed by atoms with Gasteiger partial charge in [-0.2, -0.15) is 13.4 Å². The van der Waals surface area contributed by atoms with Crippen LogP contribution in [0.25, 0.3) is 0 Å². The van der Waals surface area contributed by atoms with Crippen LogP contribution in [0.1, 0.15) is 6.42 Å². The Bertz CT molecular complexity index is 671. The average molecular weight is 291 g/mol. The van der Waals surface area contributed by atoms with E-state index in [1.165, 1.54) is 0 Å². The molecule has 10 heteroatoms. The summed E-state index contributed by atoms with van der Waals surface area (Å²) in [6.45, 7) is -0.0889. The maximum Gasteiger partial charge on any atom is 0.302 e. The zero-order valence-corrected chi connectivity index (χ0v) is 10.4. The van der Waals surface area contributed by atoms with Crippen LogP contribution in [0.5, 0.6) is 5.88 Å². The summed E-state index contributed by atoms with van der Waals surface area (Å²) in [5.41, 5.74) is -0.656. The normalized spacial score (nSPS) is 19.9. The number of amides is 1. The van der Waals surface area contributed by atoms with Crippen LogP contribution < -0.4 is 10.5 Å². The van der Waals surface area contributed by atoms with Gasteiger partial charge in [0, 0.05) is 18.9 Å². The fraction of sp³-hybridized carbons (Fsp3) is 0.444. The van der Waals surface area contributed by atoms with Crippen molar-refractivity contribution >= 4 is 22.1 Å². The van der Waals surface area contributed by atoms with Crippen LogP contribution >= 0.6 is 0 Å². The van der Waals surface area contributed by atoms with Gasteiger partial charge in [0.1, 0.15) is 0 Å². The SMILES string of the molecule is O=C1CC(CS(=O)(=O)F)CN1c1nc(O)cc(=O)[nH]1. The van der Waals surface area contributed by atoms with Gasteiger partial charge in [0.15, 0.2) is 0 Å². The highest BCUT2D eigenvalue weighted by molar-refractivity contribution is 7.86. The summed E-state index contributed by atoms with van der Waals surface area (Å²) in [5, 5.41) is 9.17. The van der Waals surface area contributed by atoms with Gasteiger partial charge in [0.2, 0.25) is 17.7 Å². The molecule has 1 aliphatic rings. The molecular formula is C9H10FN3O5S. The van der Waals surface area contributed by atoms with Gasteiger partial charge < -0.3 is 5.11 Å². The third kappa shape index (κ3) is 3.28. The van der Waals surface area contributed by atoms with Crippen LogP contribution in [0.3, 0.4) is 0 Å². The number of hydrogen-bond acceptors (Lipinski definition) is 6. The minimum absolute atomic E-state index is 0.0889. The molecule has 1 aromatic heterocycles. The van der Waals surface area contributed by atoms with E-state index in [0.29, 0.717) is 0 Å². The van der Waals surface area contributed by atoms with Gasteiger partial charge in [-0.15, -0.1) is 3.89 Å². The van der Waals surface area contributed by atoms with Crippen molar-refractivity contribution < 1.29 is 22.2 Å². The Morgan fingerprint density at radius 2 is 2.21 bits per heavy atom. The lowest BCUT2D eigenvalue weighted by Gasteiger charge is -2.14. The molecule has 1 aliphatic heterocycles. The zero-order valence-electron chi connectivity index (χ0n) is 9.54. The molecule has 8 nitrogen and oxygen atoms in total. The molecule has 0 aliphatic carbocycles. The highest BCUT2D eigenvalue weighted by atomic mass is 32.3. The minimum atomic E-state index is -4.67. The van der Waals surface area contributed by atoms with Crippen molar-refractivity contribution in [3.63, 3.8) is 0 Å². The highest BCUT2D eigenvalue weighted by Crippen LogP contribution is 2.23. The summed E-state index contributed by atoms with van der Waals surface area (Å²) in [7, 11) is -4.67. The molecule has 0 radical (unpaired) electrons. The number of rotatable bonds is 3. The number of H-pyrrole nitrogens is 1. The largest absolute Gasteiger partial charge is 0.493 e. The summed E-state index contributed by atoms with van der Waals surface area (Å²) < 4.78 is 33.6. The predicted octanol–water partition coefficient (Wildman–Crippen LogP) is -0.872. The van der Waals surface area contributed by atoms with E-state index in [9.17, 15) is 21.9 Å². The monoisotopic (exact) mass is 291 g/mol. The van der Waals surface area contributed by atoms with Crippen molar-refractivity contribution in [2.45, 2.75) is 6.42 Å². The molecule has 2 N–H and O–H groups in total. The number of halogens is 1. The van der Waals surface area contributed by atoms with Gasteiger partial charge >= 0.3 is 10.2 Å². The van der Waals surface area contributed by atoms with E-state index in [0.717, 1.165) is 11.0 Å². The molecule has 2 rings (SSSR count). The number of aromatic hydroxyl groups is 1. The average Bonchev–Trinajstić information content (AvgIpc) is 2.54. The van der Waals surface area contributed by atoms with Crippen LogP contribution in [0.15, 0.2) is 10.9 Å². The number of carbonyl (C=O) groups excluding carboxylic acids is 1. The van der Waals surface area contributed by atoms with Gasteiger partial charge in [0.25, 0.3) is 5.56 Å². The lowest BCUT2D eigenvalue weighted by molar-refractivity contribution is -0.117. The lowest BCUT2D eigenvalue weighted by Crippen LogP contribution is -2.29. The Kier molecular flexibility index (Phi) is 3.27. The molecule has 1 saturated heterocycles. The topological polar surface area (TPSA) is 120 Å². The zero-order chi connectivity index (χ0) is 14.2. The van der Waals surface area contributed by atoms with Crippen LogP contribution in [-0.2, 0) is 15.0 Å². The van der Waals surface area contributed by atoms with Crippen molar-refractivity contribution in [3.8, 4) is 5.88 Å². The smallest absolute Gasteiger partial charge is 0.302 e. The second kappa shape index (κ2) is 4.61. The Morgan fingerprint density at radius 1 is 1.53 bits per heavy atom. The van der Waals surface area contributed by atoms with Crippen molar-refractivity contribution in [1.29, 1.82) is 0 Å². The predicted molar refractivity (Wildman–Crippen MR) is 61.9 cm³/mol. The number of aromatic amines is 1. The molecule has 1 aromatic rings. The summed E-state index contributed by atoms with van der Waals surface area (Å²) in [6.07, 6.45) is -0.164. The summed E-state index contributed by atoms with van der Waals surface area (Å²) in [4.78, 5) is 29.6. The molecule has 1 atom stereocenters. The molecule has 0 bridgehead atoms. The maximum atomic E-state index is 12.6. The number of carbonyl (C=O) groups is 1. The third-order valence-electron chi connectivity index (χ3n) is 2.61. The third-order valence-corrected chi connectivity index (χ3v) is 3.48. The first-order valence-electron chi connectivity index (χ1n) is 5.27. The molecule has 0 saturated carbocycles. The van der Waals surface area contributed by atoms with Gasteiger partial charge in [0.05, 0.1) is 11.8 Å². The highest BCUT2D eigenvalue weighted by Gasteiger charge is 2.34. The molecule has 1 unspecified atom stereocenters. The van der Waals surface area contributed by atoms with Crippen molar-refractivity contribution in [1.82, 2.24) is 9.97 Å². The molecule has 19 heavy (non-hydrogen) atoms. The van der Waals surface area contributed by atoms with Crippen molar-refractivity contribution in [2.75, 3.05) is 17.2 Å². The van der Waals surface area contributed by atoms with Crippen LogP contribution in [0.4, 0.5) is 9.83 Å². The molecule has 1 amide bonds. The fourth-order valence-corrected chi connectivity index (χ4v) is 2.73. The lowest BCUT2D eigenvalue weighted by atomic mass is 10.1. The Hall–Kier alpha value is -1.97. The fourth-order valence-electron chi connectivity index (χ4n) is 1.94. The molecule has 104 valence electrons. The Labute approximate surface area is 107 Å². The van der Waals surface area contributed by atoms with E-state index in [-0.39, 0.29) is 18.9 Å². The molecule has 0 aromatic carbocycles. The number of nitrogens with zero attached hydrogens (tertiary/aromatic N) is 2. The molecule has 2 heterocycles. The second-order valence-corrected chi connectivity index (χ2v) is 5.62. The summed E-state index contributed by atoms with van der Waals surface area (Å²) >= 11 is 0. The first-order valence-corrected chi connectivity index (χ1v) is 6.83. The van der Waals surface area contributed by atoms with Gasteiger partial charge in [-0.25, -0.2) is 0 Å². The maximum absolute atomic E-state index is 12.6. The summed E-state index contributed by atoms with van der Waals surface area (Å²) in [6, 6.07) is 0.827.